The number of allylic oxidation sites excluding steroid dienone is 1. The van der Waals surface area contributed by atoms with E-state index in [9.17, 15) is 0 Å². The van der Waals surface area contributed by atoms with Gasteiger partial charge in [-0.15, -0.1) is 0 Å². The maximum Gasteiger partial charge on any atom is 0.269 e. The summed E-state index contributed by atoms with van der Waals surface area (Å²) in [6, 6.07) is 21.4. The van der Waals surface area contributed by atoms with Crippen LogP contribution in [0.5, 0.6) is 0 Å². The quantitative estimate of drug-likeness (QED) is 0.499. The molecule has 24 heavy (non-hydrogen) atoms. The van der Waals surface area contributed by atoms with Gasteiger partial charge in [-0.2, -0.15) is 0 Å². The van der Waals surface area contributed by atoms with Crippen molar-refractivity contribution < 1.29 is 4.43 Å². The van der Waals surface area contributed by atoms with E-state index in [1.54, 1.807) is 0 Å². The van der Waals surface area contributed by atoms with Crippen LogP contribution in [0, 0.1) is 0 Å². The van der Waals surface area contributed by atoms with Crippen LogP contribution in [-0.2, 0) is 10.8 Å². The first-order valence-corrected chi connectivity index (χ1v) is 13.8. The average molecular weight is 355 g/mol. The van der Waals surface area contributed by atoms with Gasteiger partial charge in [0.2, 0.25) is 0 Å². The van der Waals surface area contributed by atoms with Crippen LogP contribution in [-0.4, -0.2) is 17.1 Å². The van der Waals surface area contributed by atoms with Crippen LogP contribution < -0.4 is 5.19 Å². The molecule has 0 bridgehead atoms. The van der Waals surface area contributed by atoms with Crippen molar-refractivity contribution >= 4 is 22.3 Å². The molecule has 0 saturated heterocycles. The van der Waals surface area contributed by atoms with Crippen molar-refractivity contribution in [3.8, 4) is 0 Å². The summed E-state index contributed by atoms with van der Waals surface area (Å²) in [4.78, 5) is 0. The van der Waals surface area contributed by atoms with Gasteiger partial charge in [0.1, 0.15) is 0 Å². The molecule has 0 aliphatic carbocycles. The van der Waals surface area contributed by atoms with E-state index >= 15 is 0 Å². The van der Waals surface area contributed by atoms with Crippen molar-refractivity contribution in [1.29, 1.82) is 0 Å². The van der Waals surface area contributed by atoms with Gasteiger partial charge in [0.05, 0.1) is 14.3 Å². The minimum atomic E-state index is -1.58. The summed E-state index contributed by atoms with van der Waals surface area (Å²) in [7, 11) is -2.93. The van der Waals surface area contributed by atoms with E-state index in [0.717, 1.165) is 6.42 Å². The Kier molecular flexibility index (Phi) is 6.24. The van der Waals surface area contributed by atoms with E-state index < -0.39 is 17.1 Å². The third-order valence-electron chi connectivity index (χ3n) is 5.20. The van der Waals surface area contributed by atoms with Crippen molar-refractivity contribution in [1.82, 2.24) is 0 Å². The molecule has 0 heterocycles. The van der Waals surface area contributed by atoms with Crippen LogP contribution in [0.15, 0.2) is 73.0 Å². The molecule has 0 aliphatic rings. The van der Waals surface area contributed by atoms with Crippen molar-refractivity contribution in [2.75, 3.05) is 0 Å². The molecule has 0 fully saturated rings. The summed E-state index contributed by atoms with van der Waals surface area (Å²) in [5.41, 5.74) is 1.32. The van der Waals surface area contributed by atoms with Gasteiger partial charge >= 0.3 is 0 Å². The van der Waals surface area contributed by atoms with Crippen molar-refractivity contribution in [3.63, 3.8) is 0 Å². The minimum Gasteiger partial charge on any atom is -0.547 e. The van der Waals surface area contributed by atoms with E-state index in [0.29, 0.717) is 0 Å². The maximum atomic E-state index is 6.43. The molecule has 2 aromatic carbocycles. The first-order chi connectivity index (χ1) is 11.3. The van der Waals surface area contributed by atoms with Gasteiger partial charge in [0, 0.05) is 0 Å². The zero-order valence-electron chi connectivity index (χ0n) is 15.6. The van der Waals surface area contributed by atoms with Crippen LogP contribution in [0.2, 0.25) is 24.3 Å². The number of hydrogen-bond donors (Lipinski definition) is 0. The van der Waals surface area contributed by atoms with E-state index in [2.05, 4.69) is 100 Å². The molecule has 0 N–H and O–H groups in total. The Bertz CT molecular complexity index is 643. The third kappa shape index (κ3) is 4.71. The first kappa shape index (κ1) is 18.7. The van der Waals surface area contributed by atoms with Gasteiger partial charge in [-0.25, -0.2) is 0 Å². The topological polar surface area (TPSA) is 9.23 Å². The lowest BCUT2D eigenvalue weighted by Gasteiger charge is -2.41. The second kappa shape index (κ2) is 7.99. The smallest absolute Gasteiger partial charge is 0.269 e. The standard InChI is InChI=1S/C21H30OSi2/c1-21(2,24(3,4)5)23(20-16-10-7-11-17-20)22-18-12-15-19-13-8-6-9-14-19/h6-14,16-18,23H,15H2,1-5H3. The summed E-state index contributed by atoms with van der Waals surface area (Å²) in [6.45, 7) is 12.2. The van der Waals surface area contributed by atoms with Gasteiger partial charge < -0.3 is 4.43 Å². The third-order valence-corrected chi connectivity index (χ3v) is 15.2. The largest absolute Gasteiger partial charge is 0.547 e. The molecule has 0 radical (unpaired) electrons. The number of benzene rings is 2. The lowest BCUT2D eigenvalue weighted by molar-refractivity contribution is 0.477. The lowest BCUT2D eigenvalue weighted by atomic mass is 10.2. The Hall–Kier alpha value is -1.59. The maximum absolute atomic E-state index is 6.43. The summed E-state index contributed by atoms with van der Waals surface area (Å²) in [6.07, 6.45) is 5.03. The lowest BCUT2D eigenvalue weighted by Crippen LogP contribution is -2.53. The molecule has 1 unspecified atom stereocenters. The second-order valence-corrected chi connectivity index (χ2v) is 17.5. The predicted molar refractivity (Wildman–Crippen MR) is 111 cm³/mol. The highest BCUT2D eigenvalue weighted by Crippen LogP contribution is 2.39. The van der Waals surface area contributed by atoms with E-state index in [1.807, 2.05) is 6.26 Å². The van der Waals surface area contributed by atoms with Crippen LogP contribution in [0.3, 0.4) is 0 Å². The molecule has 128 valence electrons. The summed E-state index contributed by atoms with van der Waals surface area (Å²) in [5, 5.41) is 1.40. The molecular formula is C21H30OSi2. The fourth-order valence-corrected chi connectivity index (χ4v) is 8.64. The van der Waals surface area contributed by atoms with Crippen molar-refractivity contribution in [3.05, 3.63) is 78.6 Å². The van der Waals surface area contributed by atoms with Crippen LogP contribution in [0.1, 0.15) is 19.4 Å². The Morgan fingerprint density at radius 1 is 0.917 bits per heavy atom. The molecule has 0 aromatic heterocycles. The molecule has 2 aromatic rings. The van der Waals surface area contributed by atoms with E-state index in [4.69, 9.17) is 4.43 Å². The monoisotopic (exact) mass is 354 g/mol. The van der Waals surface area contributed by atoms with Crippen LogP contribution >= 0.6 is 0 Å². The fraction of sp³-hybridized carbons (Fsp3) is 0.333. The molecule has 0 aliphatic heterocycles. The van der Waals surface area contributed by atoms with Gasteiger partial charge in [0.25, 0.3) is 9.04 Å². The molecule has 3 heteroatoms. The van der Waals surface area contributed by atoms with Gasteiger partial charge in [-0.3, -0.25) is 0 Å². The molecular weight excluding hydrogens is 324 g/mol. The SMILES string of the molecule is CC(C)([SiH](OC=CCc1ccccc1)c1ccccc1)[Si](C)(C)C. The highest BCUT2D eigenvalue weighted by atomic mass is 28.4. The van der Waals surface area contributed by atoms with Crippen molar-refractivity contribution in [2.45, 2.75) is 44.6 Å². The van der Waals surface area contributed by atoms with Crippen molar-refractivity contribution in [2.24, 2.45) is 0 Å². The van der Waals surface area contributed by atoms with E-state index in [-0.39, 0.29) is 4.66 Å². The minimum absolute atomic E-state index is 0.269. The van der Waals surface area contributed by atoms with Gasteiger partial charge in [0.15, 0.2) is 0 Å². The molecule has 0 spiro atoms. The van der Waals surface area contributed by atoms with Crippen LogP contribution in [0.4, 0.5) is 0 Å². The molecule has 1 atom stereocenters. The molecule has 0 amide bonds. The first-order valence-electron chi connectivity index (χ1n) is 8.72. The zero-order chi connectivity index (χ0) is 17.6. The van der Waals surface area contributed by atoms with Gasteiger partial charge in [-0.05, 0) is 27.9 Å². The highest BCUT2D eigenvalue weighted by molar-refractivity contribution is 6.94. The highest BCUT2D eigenvalue weighted by Gasteiger charge is 2.45. The molecule has 2 rings (SSSR count). The summed E-state index contributed by atoms with van der Waals surface area (Å²) in [5.74, 6) is 0. The zero-order valence-corrected chi connectivity index (χ0v) is 17.8. The Labute approximate surface area is 150 Å². The Morgan fingerprint density at radius 2 is 1.46 bits per heavy atom. The van der Waals surface area contributed by atoms with Crippen LogP contribution in [0.25, 0.3) is 0 Å². The molecule has 0 saturated carbocycles. The second-order valence-electron chi connectivity index (χ2n) is 7.96. The normalized spacial score (nSPS) is 13.9. The summed E-state index contributed by atoms with van der Waals surface area (Å²) < 4.78 is 6.70. The van der Waals surface area contributed by atoms with E-state index in [1.165, 1.54) is 10.8 Å². The average Bonchev–Trinajstić information content (AvgIpc) is 2.55. The number of rotatable bonds is 7. The Balaban J connectivity index is 2.15. The molecule has 1 nitrogen and oxygen atoms in total. The van der Waals surface area contributed by atoms with Gasteiger partial charge in [-0.1, -0.05) is 94.2 Å². The Morgan fingerprint density at radius 3 is 2.00 bits per heavy atom. The summed E-state index contributed by atoms with van der Waals surface area (Å²) >= 11 is 0. The number of hydrogen-bond acceptors (Lipinski definition) is 1. The predicted octanol–water partition coefficient (Wildman–Crippen LogP) is 5.05. The fourth-order valence-electron chi connectivity index (χ4n) is 2.62.